The summed E-state index contributed by atoms with van der Waals surface area (Å²) in [5.41, 5.74) is 2.12. The molecule has 0 aliphatic heterocycles. The van der Waals surface area contributed by atoms with Crippen LogP contribution in [0.2, 0.25) is 0 Å². The van der Waals surface area contributed by atoms with E-state index in [0.29, 0.717) is 11.3 Å². The van der Waals surface area contributed by atoms with Crippen molar-refractivity contribution in [1.82, 2.24) is 0 Å². The molecule has 2 aliphatic carbocycles. The summed E-state index contributed by atoms with van der Waals surface area (Å²) in [6.07, 6.45) is 7.56. The molecule has 16 heavy (non-hydrogen) atoms. The lowest BCUT2D eigenvalue weighted by atomic mass is 9.72. The molecular formula is C15H26O. The maximum atomic E-state index is 9.53. The molecule has 92 valence electrons. The first-order valence-electron chi connectivity index (χ1n) is 6.81. The van der Waals surface area contributed by atoms with E-state index in [2.05, 4.69) is 26.8 Å². The van der Waals surface area contributed by atoms with E-state index in [1.54, 1.807) is 5.57 Å². The third-order valence-corrected chi connectivity index (χ3v) is 5.17. The number of rotatable bonds is 3. The van der Waals surface area contributed by atoms with Crippen molar-refractivity contribution in [3.63, 3.8) is 0 Å². The zero-order chi connectivity index (χ0) is 11.9. The second kappa shape index (κ2) is 4.18. The van der Waals surface area contributed by atoms with E-state index in [0.717, 1.165) is 18.3 Å². The van der Waals surface area contributed by atoms with Crippen molar-refractivity contribution in [2.24, 2.45) is 23.2 Å². The van der Waals surface area contributed by atoms with Crippen LogP contribution in [-0.4, -0.2) is 11.2 Å². The molecule has 0 radical (unpaired) electrons. The van der Waals surface area contributed by atoms with Crippen molar-refractivity contribution >= 4 is 0 Å². The van der Waals surface area contributed by atoms with Gasteiger partial charge in [-0.25, -0.2) is 0 Å². The molecule has 2 saturated carbocycles. The Morgan fingerprint density at radius 2 is 2.06 bits per heavy atom. The summed E-state index contributed by atoms with van der Waals surface area (Å²) in [5, 5.41) is 9.53. The van der Waals surface area contributed by atoms with Gasteiger partial charge in [0.1, 0.15) is 0 Å². The summed E-state index contributed by atoms with van der Waals surface area (Å²) >= 11 is 0. The number of fused-ring (bicyclic) bond motifs is 2. The first-order chi connectivity index (χ1) is 7.43. The molecule has 0 spiro atoms. The van der Waals surface area contributed by atoms with Crippen LogP contribution in [0, 0.1) is 23.2 Å². The highest BCUT2D eigenvalue weighted by atomic mass is 16.3. The van der Waals surface area contributed by atoms with Crippen molar-refractivity contribution < 1.29 is 5.11 Å². The molecule has 0 aromatic rings. The van der Waals surface area contributed by atoms with Gasteiger partial charge >= 0.3 is 0 Å². The molecule has 1 N–H and O–H groups in total. The molecular weight excluding hydrogens is 196 g/mol. The van der Waals surface area contributed by atoms with Crippen LogP contribution in [0.1, 0.15) is 53.4 Å². The normalized spacial score (nSPS) is 37.9. The van der Waals surface area contributed by atoms with E-state index in [1.807, 2.05) is 6.92 Å². The second-order valence-electron chi connectivity index (χ2n) is 6.54. The van der Waals surface area contributed by atoms with E-state index in [-0.39, 0.29) is 6.10 Å². The van der Waals surface area contributed by atoms with Crippen LogP contribution in [-0.2, 0) is 0 Å². The topological polar surface area (TPSA) is 20.2 Å². The average Bonchev–Trinajstić information content (AvgIpc) is 2.73. The second-order valence-corrected chi connectivity index (χ2v) is 6.54. The van der Waals surface area contributed by atoms with Gasteiger partial charge in [0.05, 0.1) is 6.10 Å². The standard InChI is InChI=1S/C15H26O/c1-10(11(2)16)5-8-14-12-6-7-13(9-12)15(14,3)4/h8,10-13,16H,5-7,9H2,1-4H3. The minimum Gasteiger partial charge on any atom is -0.393 e. The molecule has 2 fully saturated rings. The molecule has 4 atom stereocenters. The summed E-state index contributed by atoms with van der Waals surface area (Å²) < 4.78 is 0. The molecule has 0 aromatic heterocycles. The predicted molar refractivity (Wildman–Crippen MR) is 68.2 cm³/mol. The van der Waals surface area contributed by atoms with Crippen molar-refractivity contribution in [1.29, 1.82) is 0 Å². The van der Waals surface area contributed by atoms with Crippen LogP contribution in [0.3, 0.4) is 0 Å². The number of aliphatic hydroxyl groups excluding tert-OH is 1. The van der Waals surface area contributed by atoms with Gasteiger partial charge in [-0.1, -0.05) is 32.4 Å². The minimum absolute atomic E-state index is 0.182. The van der Waals surface area contributed by atoms with E-state index in [1.165, 1.54) is 19.3 Å². The fourth-order valence-electron chi connectivity index (χ4n) is 3.62. The van der Waals surface area contributed by atoms with E-state index < -0.39 is 0 Å². The zero-order valence-electron chi connectivity index (χ0n) is 11.2. The molecule has 2 aliphatic rings. The minimum atomic E-state index is -0.182. The quantitative estimate of drug-likeness (QED) is 0.721. The smallest absolute Gasteiger partial charge is 0.0540 e. The van der Waals surface area contributed by atoms with Gasteiger partial charge in [0.2, 0.25) is 0 Å². The Morgan fingerprint density at radius 3 is 2.56 bits per heavy atom. The fourth-order valence-corrected chi connectivity index (χ4v) is 3.62. The largest absolute Gasteiger partial charge is 0.393 e. The molecule has 0 aromatic carbocycles. The Kier molecular flexibility index (Phi) is 3.18. The summed E-state index contributed by atoms with van der Waals surface area (Å²) in [6.45, 7) is 8.86. The van der Waals surface area contributed by atoms with E-state index in [9.17, 15) is 5.11 Å². The van der Waals surface area contributed by atoms with Gasteiger partial charge in [-0.05, 0) is 55.8 Å². The zero-order valence-corrected chi connectivity index (χ0v) is 11.2. The van der Waals surface area contributed by atoms with Crippen LogP contribution in [0.25, 0.3) is 0 Å². The van der Waals surface area contributed by atoms with Gasteiger partial charge in [-0.15, -0.1) is 0 Å². The maximum Gasteiger partial charge on any atom is 0.0540 e. The summed E-state index contributed by atoms with van der Waals surface area (Å²) in [6, 6.07) is 0. The van der Waals surface area contributed by atoms with Crippen LogP contribution < -0.4 is 0 Å². The Hall–Kier alpha value is -0.300. The van der Waals surface area contributed by atoms with Gasteiger partial charge in [0, 0.05) is 0 Å². The summed E-state index contributed by atoms with van der Waals surface area (Å²) in [4.78, 5) is 0. The number of hydrogen-bond acceptors (Lipinski definition) is 1. The Morgan fingerprint density at radius 1 is 1.38 bits per heavy atom. The number of allylic oxidation sites excluding steroid dienone is 2. The summed E-state index contributed by atoms with van der Waals surface area (Å²) in [5.74, 6) is 2.18. The highest BCUT2D eigenvalue weighted by Gasteiger charge is 2.48. The van der Waals surface area contributed by atoms with Crippen molar-refractivity contribution in [2.45, 2.75) is 59.5 Å². The molecule has 2 bridgehead atoms. The van der Waals surface area contributed by atoms with Crippen LogP contribution in [0.4, 0.5) is 0 Å². The van der Waals surface area contributed by atoms with Gasteiger partial charge in [-0.2, -0.15) is 0 Å². The van der Waals surface area contributed by atoms with Crippen LogP contribution >= 0.6 is 0 Å². The van der Waals surface area contributed by atoms with Gasteiger partial charge < -0.3 is 5.11 Å². The van der Waals surface area contributed by atoms with Gasteiger partial charge in [-0.3, -0.25) is 0 Å². The number of aliphatic hydroxyl groups is 1. The third-order valence-electron chi connectivity index (χ3n) is 5.17. The van der Waals surface area contributed by atoms with Gasteiger partial charge in [0.25, 0.3) is 0 Å². The Bertz CT molecular complexity index is 288. The molecule has 0 saturated heterocycles. The lowest BCUT2D eigenvalue weighted by Gasteiger charge is -2.33. The molecule has 4 unspecified atom stereocenters. The van der Waals surface area contributed by atoms with Crippen molar-refractivity contribution in [2.75, 3.05) is 0 Å². The molecule has 0 amide bonds. The van der Waals surface area contributed by atoms with Crippen LogP contribution in [0.15, 0.2) is 11.6 Å². The van der Waals surface area contributed by atoms with Crippen LogP contribution in [0.5, 0.6) is 0 Å². The molecule has 2 rings (SSSR count). The maximum absolute atomic E-state index is 9.53. The highest BCUT2D eigenvalue weighted by Crippen LogP contribution is 2.59. The SMILES string of the molecule is CC(O)C(C)CC=C1C2CCC(C2)C1(C)C. The van der Waals surface area contributed by atoms with Gasteiger partial charge in [0.15, 0.2) is 0 Å². The number of hydrogen-bond donors (Lipinski definition) is 1. The Labute approximate surface area is 99.9 Å². The monoisotopic (exact) mass is 222 g/mol. The summed E-state index contributed by atoms with van der Waals surface area (Å²) in [7, 11) is 0. The third kappa shape index (κ3) is 1.95. The van der Waals surface area contributed by atoms with Crippen molar-refractivity contribution in [3.8, 4) is 0 Å². The lowest BCUT2D eigenvalue weighted by molar-refractivity contribution is 0.136. The predicted octanol–water partition coefficient (Wildman–Crippen LogP) is 3.78. The average molecular weight is 222 g/mol. The molecule has 1 nitrogen and oxygen atoms in total. The van der Waals surface area contributed by atoms with E-state index in [4.69, 9.17) is 0 Å². The first-order valence-corrected chi connectivity index (χ1v) is 6.81. The lowest BCUT2D eigenvalue weighted by Crippen LogP contribution is -2.23. The van der Waals surface area contributed by atoms with E-state index >= 15 is 0 Å². The Balaban J connectivity index is 2.06. The molecule has 1 heteroatoms. The first kappa shape index (κ1) is 12.2. The fraction of sp³-hybridized carbons (Fsp3) is 0.867. The van der Waals surface area contributed by atoms with Crippen molar-refractivity contribution in [3.05, 3.63) is 11.6 Å². The molecule has 0 heterocycles. The highest BCUT2D eigenvalue weighted by molar-refractivity contribution is 5.26.